The van der Waals surface area contributed by atoms with Crippen molar-refractivity contribution in [3.63, 3.8) is 0 Å². The Hall–Kier alpha value is -3.28. The van der Waals surface area contributed by atoms with Gasteiger partial charge < -0.3 is 19.9 Å². The summed E-state index contributed by atoms with van der Waals surface area (Å²) in [5.41, 5.74) is 4.84. The molecular weight excluding hydrogens is 398 g/mol. The average Bonchev–Trinajstić information content (AvgIpc) is 3.55. The minimum Gasteiger partial charge on any atom is -0.493 e. The molecule has 6 heteroatoms. The number of benzene rings is 2. The van der Waals surface area contributed by atoms with Crippen molar-refractivity contribution >= 4 is 5.96 Å². The van der Waals surface area contributed by atoms with Crippen LogP contribution in [-0.4, -0.2) is 29.2 Å². The SMILES string of the molecule is CN=C(NCc1cccc(Cn2ccnc2C)c1)NCc1ccc(C)cc1OCC1CC1. The summed E-state index contributed by atoms with van der Waals surface area (Å²) in [6.45, 7) is 7.14. The molecule has 3 aromatic rings. The molecule has 1 heterocycles. The van der Waals surface area contributed by atoms with Gasteiger partial charge in [-0.2, -0.15) is 0 Å². The summed E-state index contributed by atoms with van der Waals surface area (Å²) in [6.07, 6.45) is 6.44. The van der Waals surface area contributed by atoms with E-state index in [0.29, 0.717) is 13.1 Å². The molecule has 1 saturated carbocycles. The molecule has 6 nitrogen and oxygen atoms in total. The van der Waals surface area contributed by atoms with Crippen LogP contribution in [0.3, 0.4) is 0 Å². The number of nitrogens with one attached hydrogen (secondary N) is 2. The third kappa shape index (κ3) is 6.13. The number of hydrogen-bond acceptors (Lipinski definition) is 3. The largest absolute Gasteiger partial charge is 0.493 e. The van der Waals surface area contributed by atoms with Gasteiger partial charge in [0.2, 0.25) is 0 Å². The highest BCUT2D eigenvalue weighted by Crippen LogP contribution is 2.30. The molecule has 0 bridgehead atoms. The molecule has 32 heavy (non-hydrogen) atoms. The number of aromatic nitrogens is 2. The van der Waals surface area contributed by atoms with Crippen LogP contribution < -0.4 is 15.4 Å². The van der Waals surface area contributed by atoms with E-state index in [-0.39, 0.29) is 0 Å². The summed E-state index contributed by atoms with van der Waals surface area (Å²) in [4.78, 5) is 8.69. The quantitative estimate of drug-likeness (QED) is 0.394. The number of rotatable bonds is 9. The van der Waals surface area contributed by atoms with Crippen LogP contribution in [0.1, 0.15) is 40.9 Å². The molecule has 1 aromatic heterocycles. The summed E-state index contributed by atoms with van der Waals surface area (Å²) in [6, 6.07) is 15.0. The van der Waals surface area contributed by atoms with E-state index < -0.39 is 0 Å². The maximum absolute atomic E-state index is 6.09. The predicted octanol–water partition coefficient (Wildman–Crippen LogP) is 4.20. The monoisotopic (exact) mass is 431 g/mol. The van der Waals surface area contributed by atoms with Crippen molar-refractivity contribution in [3.8, 4) is 5.75 Å². The highest BCUT2D eigenvalue weighted by Gasteiger charge is 2.22. The maximum atomic E-state index is 6.09. The average molecular weight is 432 g/mol. The van der Waals surface area contributed by atoms with E-state index in [1.54, 1.807) is 7.05 Å². The molecule has 0 amide bonds. The highest BCUT2D eigenvalue weighted by atomic mass is 16.5. The van der Waals surface area contributed by atoms with Crippen LogP contribution in [0, 0.1) is 19.8 Å². The number of nitrogens with zero attached hydrogens (tertiary/aromatic N) is 3. The van der Waals surface area contributed by atoms with Crippen molar-refractivity contribution in [1.29, 1.82) is 0 Å². The molecule has 0 radical (unpaired) electrons. The van der Waals surface area contributed by atoms with Crippen molar-refractivity contribution < 1.29 is 4.74 Å². The Morgan fingerprint density at radius 1 is 1.09 bits per heavy atom. The predicted molar refractivity (Wildman–Crippen MR) is 129 cm³/mol. The summed E-state index contributed by atoms with van der Waals surface area (Å²) >= 11 is 0. The minimum absolute atomic E-state index is 0.667. The Balaban J connectivity index is 1.32. The molecule has 1 fully saturated rings. The van der Waals surface area contributed by atoms with Crippen LogP contribution in [0.25, 0.3) is 0 Å². The first-order valence-electron chi connectivity index (χ1n) is 11.3. The first-order chi connectivity index (χ1) is 15.6. The van der Waals surface area contributed by atoms with Crippen LogP contribution in [0.5, 0.6) is 5.75 Å². The van der Waals surface area contributed by atoms with Gasteiger partial charge in [-0.1, -0.05) is 36.4 Å². The molecule has 0 spiro atoms. The van der Waals surface area contributed by atoms with Gasteiger partial charge in [-0.15, -0.1) is 0 Å². The van der Waals surface area contributed by atoms with Gasteiger partial charge in [0.15, 0.2) is 5.96 Å². The molecular formula is C26H33N5O. The lowest BCUT2D eigenvalue weighted by Gasteiger charge is -2.16. The van der Waals surface area contributed by atoms with Gasteiger partial charge in [0.05, 0.1) is 6.61 Å². The van der Waals surface area contributed by atoms with E-state index in [0.717, 1.165) is 42.2 Å². The van der Waals surface area contributed by atoms with E-state index in [1.807, 2.05) is 19.3 Å². The zero-order valence-corrected chi connectivity index (χ0v) is 19.3. The van der Waals surface area contributed by atoms with Crippen LogP contribution in [0.4, 0.5) is 0 Å². The summed E-state index contributed by atoms with van der Waals surface area (Å²) in [5.74, 6) is 3.51. The molecule has 0 saturated heterocycles. The number of aliphatic imine (C=N–C) groups is 1. The second-order valence-electron chi connectivity index (χ2n) is 8.57. The normalized spacial score (nSPS) is 13.8. The van der Waals surface area contributed by atoms with Gasteiger partial charge in [0, 0.05) is 44.6 Å². The Morgan fingerprint density at radius 2 is 1.91 bits per heavy atom. The highest BCUT2D eigenvalue weighted by molar-refractivity contribution is 5.79. The van der Waals surface area contributed by atoms with Gasteiger partial charge in [-0.25, -0.2) is 4.98 Å². The van der Waals surface area contributed by atoms with E-state index in [9.17, 15) is 0 Å². The molecule has 0 atom stereocenters. The molecule has 1 aliphatic rings. The lowest BCUT2D eigenvalue weighted by atomic mass is 10.1. The van der Waals surface area contributed by atoms with Crippen LogP contribution in [0.2, 0.25) is 0 Å². The standard InChI is InChI=1S/C26H33N5O/c1-19-7-10-24(25(13-19)32-18-21-8-9-21)16-30-26(27-3)29-15-22-5-4-6-23(14-22)17-31-12-11-28-20(31)2/h4-7,10-14,21H,8-9,15-18H2,1-3H3,(H2,27,29,30). The number of aryl methyl sites for hydroxylation is 2. The van der Waals surface area contributed by atoms with Crippen LogP contribution in [0.15, 0.2) is 59.9 Å². The second kappa shape index (κ2) is 10.4. The third-order valence-corrected chi connectivity index (χ3v) is 5.79. The lowest BCUT2D eigenvalue weighted by Crippen LogP contribution is -2.36. The van der Waals surface area contributed by atoms with E-state index in [1.165, 1.54) is 29.5 Å². The lowest BCUT2D eigenvalue weighted by molar-refractivity contribution is 0.296. The molecule has 0 aliphatic heterocycles. The molecule has 2 N–H and O–H groups in total. The number of ether oxygens (including phenoxy) is 1. The minimum atomic E-state index is 0.667. The van der Waals surface area contributed by atoms with E-state index >= 15 is 0 Å². The van der Waals surface area contributed by atoms with Crippen molar-refractivity contribution in [3.05, 3.63) is 82.9 Å². The van der Waals surface area contributed by atoms with Crippen molar-refractivity contribution in [2.45, 2.75) is 46.3 Å². The second-order valence-corrected chi connectivity index (χ2v) is 8.57. The van der Waals surface area contributed by atoms with Crippen molar-refractivity contribution in [2.24, 2.45) is 10.9 Å². The fourth-order valence-corrected chi connectivity index (χ4v) is 3.63. The third-order valence-electron chi connectivity index (χ3n) is 5.79. The first kappa shape index (κ1) is 21.9. The van der Waals surface area contributed by atoms with E-state index in [4.69, 9.17) is 4.74 Å². The summed E-state index contributed by atoms with van der Waals surface area (Å²) < 4.78 is 8.25. The Labute approximate surface area is 190 Å². The molecule has 4 rings (SSSR count). The van der Waals surface area contributed by atoms with Crippen LogP contribution >= 0.6 is 0 Å². The fourth-order valence-electron chi connectivity index (χ4n) is 3.63. The van der Waals surface area contributed by atoms with Crippen molar-refractivity contribution in [2.75, 3.05) is 13.7 Å². The Morgan fingerprint density at radius 3 is 2.66 bits per heavy atom. The van der Waals surface area contributed by atoms with Gasteiger partial charge in [0.1, 0.15) is 11.6 Å². The van der Waals surface area contributed by atoms with Gasteiger partial charge in [-0.3, -0.25) is 4.99 Å². The van der Waals surface area contributed by atoms with Crippen molar-refractivity contribution in [1.82, 2.24) is 20.2 Å². The number of guanidine groups is 1. The summed E-state index contributed by atoms with van der Waals surface area (Å²) in [5, 5.41) is 6.85. The maximum Gasteiger partial charge on any atom is 0.191 e. The van der Waals surface area contributed by atoms with Gasteiger partial charge >= 0.3 is 0 Å². The zero-order valence-electron chi connectivity index (χ0n) is 19.3. The molecule has 0 unspecified atom stereocenters. The molecule has 168 valence electrons. The Kier molecular flexibility index (Phi) is 7.10. The first-order valence-corrected chi connectivity index (χ1v) is 11.3. The van der Waals surface area contributed by atoms with E-state index in [2.05, 4.69) is 74.6 Å². The van der Waals surface area contributed by atoms with Crippen LogP contribution in [-0.2, 0) is 19.6 Å². The van der Waals surface area contributed by atoms with Gasteiger partial charge in [-0.05, 0) is 55.4 Å². The fraction of sp³-hybridized carbons (Fsp3) is 0.385. The van der Waals surface area contributed by atoms with Gasteiger partial charge in [0.25, 0.3) is 0 Å². The zero-order chi connectivity index (χ0) is 22.3. The number of imidazole rings is 1. The topological polar surface area (TPSA) is 63.5 Å². The Bertz CT molecular complexity index is 1070. The molecule has 1 aliphatic carbocycles. The smallest absolute Gasteiger partial charge is 0.191 e. The summed E-state index contributed by atoms with van der Waals surface area (Å²) in [7, 11) is 1.80. The number of hydrogen-bond donors (Lipinski definition) is 2. The molecule has 2 aromatic carbocycles.